The first-order valence-corrected chi connectivity index (χ1v) is 10.6. The molecule has 2 amide bonds. The lowest BCUT2D eigenvalue weighted by molar-refractivity contribution is 0.0942. The van der Waals surface area contributed by atoms with E-state index in [1.165, 1.54) is 12.3 Å². The highest BCUT2D eigenvalue weighted by atomic mass is 19.1. The summed E-state index contributed by atoms with van der Waals surface area (Å²) in [6.07, 6.45) is 3.32. The first-order chi connectivity index (χ1) is 15.5. The van der Waals surface area contributed by atoms with Crippen LogP contribution in [0.2, 0.25) is 0 Å². The number of nitrogens with zero attached hydrogens (tertiary/aromatic N) is 1. The van der Waals surface area contributed by atoms with E-state index < -0.39 is 5.82 Å². The van der Waals surface area contributed by atoms with Crippen molar-refractivity contribution < 1.29 is 14.0 Å². The molecule has 0 aliphatic heterocycles. The molecular weight excluding hydrogens is 407 g/mol. The van der Waals surface area contributed by atoms with Gasteiger partial charge in [-0.05, 0) is 55.2 Å². The van der Waals surface area contributed by atoms with Gasteiger partial charge in [-0.15, -0.1) is 0 Å². The Labute approximate surface area is 186 Å². The number of aromatic nitrogens is 1. The van der Waals surface area contributed by atoms with Crippen molar-refractivity contribution in [2.45, 2.75) is 38.9 Å². The van der Waals surface area contributed by atoms with Crippen molar-refractivity contribution in [1.82, 2.24) is 15.6 Å². The van der Waals surface area contributed by atoms with E-state index in [2.05, 4.69) is 15.6 Å². The lowest BCUT2D eigenvalue weighted by Gasteiger charge is -2.13. The van der Waals surface area contributed by atoms with Crippen molar-refractivity contribution in [2.75, 3.05) is 0 Å². The minimum atomic E-state index is -0.548. The van der Waals surface area contributed by atoms with Crippen LogP contribution in [0.15, 0.2) is 54.7 Å². The van der Waals surface area contributed by atoms with Gasteiger partial charge in [-0.3, -0.25) is 14.6 Å². The van der Waals surface area contributed by atoms with Gasteiger partial charge in [0.15, 0.2) is 0 Å². The van der Waals surface area contributed by atoms with E-state index in [0.717, 1.165) is 24.0 Å². The molecule has 1 aromatic heterocycles. The first kappa shape index (κ1) is 21.6. The fraction of sp³-hybridized carbons (Fsp3) is 0.240. The molecule has 1 aliphatic carbocycles. The third-order valence-electron chi connectivity index (χ3n) is 5.58. The Morgan fingerprint density at radius 1 is 1.09 bits per heavy atom. The van der Waals surface area contributed by atoms with Crippen LogP contribution in [-0.2, 0) is 13.1 Å². The number of hydrogen-bond donors (Lipinski definition) is 3. The molecule has 32 heavy (non-hydrogen) atoms. The minimum Gasteiger partial charge on any atom is -0.349 e. The van der Waals surface area contributed by atoms with Crippen LogP contribution in [0.1, 0.15) is 50.2 Å². The topological polar surface area (TPSA) is 97.1 Å². The molecule has 3 aromatic rings. The summed E-state index contributed by atoms with van der Waals surface area (Å²) in [7, 11) is 0. The smallest absolute Gasteiger partial charge is 0.253 e. The second kappa shape index (κ2) is 9.28. The molecule has 1 aliphatic rings. The summed E-state index contributed by atoms with van der Waals surface area (Å²) in [5, 5.41) is 5.74. The number of carbonyl (C=O) groups is 2. The van der Waals surface area contributed by atoms with Gasteiger partial charge >= 0.3 is 0 Å². The van der Waals surface area contributed by atoms with Crippen molar-refractivity contribution >= 4 is 11.8 Å². The fourth-order valence-electron chi connectivity index (χ4n) is 3.47. The molecule has 7 heteroatoms. The molecule has 0 unspecified atom stereocenters. The zero-order chi connectivity index (χ0) is 22.7. The standard InChI is InChI=1S/C25H25FN4O2/c1-15-4-2-3-5-16(15)13-29-24(31)17-6-9-23(28-14-17)20-10-18(11-22(26)21(20)12-27)25(32)30-19-7-8-19/h2-6,9-11,14,19H,7-8,12-13,27H2,1H3,(H,29,31)(H,30,32). The monoisotopic (exact) mass is 432 g/mol. The average Bonchev–Trinajstić information content (AvgIpc) is 3.62. The number of amides is 2. The molecule has 0 atom stereocenters. The molecule has 164 valence electrons. The highest BCUT2D eigenvalue weighted by Gasteiger charge is 2.25. The van der Waals surface area contributed by atoms with Gasteiger partial charge in [0, 0.05) is 42.0 Å². The van der Waals surface area contributed by atoms with Gasteiger partial charge < -0.3 is 16.4 Å². The SMILES string of the molecule is Cc1ccccc1CNC(=O)c1ccc(-c2cc(C(=O)NC3CC3)cc(F)c2CN)nc1. The number of aryl methyl sites for hydroxylation is 1. The summed E-state index contributed by atoms with van der Waals surface area (Å²) >= 11 is 0. The maximum Gasteiger partial charge on any atom is 0.253 e. The van der Waals surface area contributed by atoms with Crippen molar-refractivity contribution in [3.63, 3.8) is 0 Å². The Bertz CT molecular complexity index is 1160. The van der Waals surface area contributed by atoms with E-state index in [9.17, 15) is 14.0 Å². The molecular formula is C25H25FN4O2. The molecule has 1 saturated carbocycles. The number of benzene rings is 2. The van der Waals surface area contributed by atoms with Gasteiger partial charge in [0.2, 0.25) is 0 Å². The first-order valence-electron chi connectivity index (χ1n) is 10.6. The maximum absolute atomic E-state index is 14.7. The molecule has 0 bridgehead atoms. The number of nitrogens with one attached hydrogen (secondary N) is 2. The van der Waals surface area contributed by atoms with E-state index >= 15 is 0 Å². The lowest BCUT2D eigenvalue weighted by Crippen LogP contribution is -2.25. The van der Waals surface area contributed by atoms with E-state index in [4.69, 9.17) is 5.73 Å². The van der Waals surface area contributed by atoms with E-state index in [-0.39, 0.29) is 35.5 Å². The zero-order valence-electron chi connectivity index (χ0n) is 17.8. The second-order valence-corrected chi connectivity index (χ2v) is 7.98. The lowest BCUT2D eigenvalue weighted by atomic mass is 9.99. The zero-order valence-corrected chi connectivity index (χ0v) is 17.8. The van der Waals surface area contributed by atoms with Crippen molar-refractivity contribution in [3.05, 3.63) is 88.4 Å². The maximum atomic E-state index is 14.7. The number of hydrogen-bond acceptors (Lipinski definition) is 4. The van der Waals surface area contributed by atoms with Crippen LogP contribution in [-0.4, -0.2) is 22.8 Å². The predicted octanol–water partition coefficient (Wildman–Crippen LogP) is 3.48. The molecule has 0 radical (unpaired) electrons. The third kappa shape index (κ3) is 4.84. The van der Waals surface area contributed by atoms with E-state index in [1.54, 1.807) is 18.2 Å². The summed E-state index contributed by atoms with van der Waals surface area (Å²) in [5.41, 5.74) is 9.67. The second-order valence-electron chi connectivity index (χ2n) is 7.98. The normalized spacial score (nSPS) is 13.0. The predicted molar refractivity (Wildman–Crippen MR) is 120 cm³/mol. The fourth-order valence-corrected chi connectivity index (χ4v) is 3.47. The molecule has 4 rings (SSSR count). The Balaban J connectivity index is 1.53. The van der Waals surface area contributed by atoms with Crippen LogP contribution in [0.5, 0.6) is 0 Å². The van der Waals surface area contributed by atoms with Gasteiger partial charge in [-0.1, -0.05) is 24.3 Å². The van der Waals surface area contributed by atoms with Crippen molar-refractivity contribution in [1.29, 1.82) is 0 Å². The summed E-state index contributed by atoms with van der Waals surface area (Å²) in [6, 6.07) is 14.1. The van der Waals surface area contributed by atoms with Gasteiger partial charge in [0.1, 0.15) is 5.82 Å². The molecule has 6 nitrogen and oxygen atoms in total. The van der Waals surface area contributed by atoms with Crippen LogP contribution < -0.4 is 16.4 Å². The number of nitrogens with two attached hydrogens (primary N) is 1. The van der Waals surface area contributed by atoms with Crippen LogP contribution in [0.3, 0.4) is 0 Å². The molecule has 0 spiro atoms. The Hall–Kier alpha value is -3.58. The summed E-state index contributed by atoms with van der Waals surface area (Å²) in [4.78, 5) is 29.3. The van der Waals surface area contributed by atoms with Crippen LogP contribution in [0.25, 0.3) is 11.3 Å². The Morgan fingerprint density at radius 2 is 1.88 bits per heavy atom. The van der Waals surface area contributed by atoms with Gasteiger partial charge in [-0.25, -0.2) is 4.39 Å². The third-order valence-corrected chi connectivity index (χ3v) is 5.58. The summed E-state index contributed by atoms with van der Waals surface area (Å²) in [5.74, 6) is -1.12. The largest absolute Gasteiger partial charge is 0.349 e. The molecule has 0 saturated heterocycles. The number of rotatable bonds is 7. The minimum absolute atomic E-state index is 0.0357. The molecule has 1 heterocycles. The van der Waals surface area contributed by atoms with Gasteiger partial charge in [0.25, 0.3) is 11.8 Å². The van der Waals surface area contributed by atoms with E-state index in [0.29, 0.717) is 23.4 Å². The van der Waals surface area contributed by atoms with Gasteiger partial charge in [0.05, 0.1) is 11.3 Å². The molecule has 2 aromatic carbocycles. The summed E-state index contributed by atoms with van der Waals surface area (Å²) in [6.45, 7) is 2.37. The van der Waals surface area contributed by atoms with Crippen LogP contribution in [0.4, 0.5) is 4.39 Å². The number of halogens is 1. The highest BCUT2D eigenvalue weighted by molar-refractivity contribution is 5.96. The highest BCUT2D eigenvalue weighted by Crippen LogP contribution is 2.27. The summed E-state index contributed by atoms with van der Waals surface area (Å²) < 4.78 is 14.7. The van der Waals surface area contributed by atoms with Crippen LogP contribution >= 0.6 is 0 Å². The Morgan fingerprint density at radius 3 is 2.53 bits per heavy atom. The van der Waals surface area contributed by atoms with E-state index in [1.807, 2.05) is 31.2 Å². The van der Waals surface area contributed by atoms with Gasteiger partial charge in [-0.2, -0.15) is 0 Å². The molecule has 1 fully saturated rings. The van der Waals surface area contributed by atoms with Crippen LogP contribution in [0, 0.1) is 12.7 Å². The van der Waals surface area contributed by atoms with Crippen molar-refractivity contribution in [3.8, 4) is 11.3 Å². The molecule has 4 N–H and O–H groups in total. The number of pyridine rings is 1. The quantitative estimate of drug-likeness (QED) is 0.533. The average molecular weight is 432 g/mol. The number of carbonyl (C=O) groups excluding carboxylic acids is 2. The van der Waals surface area contributed by atoms with Crippen molar-refractivity contribution in [2.24, 2.45) is 5.73 Å². The Kier molecular flexibility index (Phi) is 6.28.